The maximum Gasteiger partial charge on any atom is 0.303 e. The van der Waals surface area contributed by atoms with Crippen molar-refractivity contribution in [2.75, 3.05) is 0 Å². The number of aliphatic hydroxyl groups excluding tert-OH is 1. The summed E-state index contributed by atoms with van der Waals surface area (Å²) in [5, 5.41) is 10.8. The van der Waals surface area contributed by atoms with Gasteiger partial charge >= 0.3 is 17.9 Å². The third kappa shape index (κ3) is 4.30. The summed E-state index contributed by atoms with van der Waals surface area (Å²) in [6.45, 7) is 15.8. The second-order valence-corrected chi connectivity index (χ2v) is 11.2. The summed E-state index contributed by atoms with van der Waals surface area (Å²) in [5.41, 5.74) is -1.04. The Morgan fingerprint density at radius 1 is 0.971 bits per heavy atom. The number of esters is 3. The standard InChI is InChI=1S/C26H38O8/c1-12-18(30)9-10-26(8)21(12)22(32-14(3)27)17-11-19(31)13(2)20(25(17,6)7)23(33-15(4)28)24(26)34-16(5)29/h13,17-18,20-24,30H,1,9-11H2,2-8H3/t13-,17+,18+,20-,21+,22-,23-,24+,26-/m1/s1. The largest absolute Gasteiger partial charge is 0.462 e. The van der Waals surface area contributed by atoms with Gasteiger partial charge in [-0.1, -0.05) is 34.3 Å². The first-order valence-corrected chi connectivity index (χ1v) is 12.0. The van der Waals surface area contributed by atoms with Crippen LogP contribution < -0.4 is 0 Å². The summed E-state index contributed by atoms with van der Waals surface area (Å²) in [6, 6.07) is 0. The van der Waals surface area contributed by atoms with Crippen molar-refractivity contribution in [1.29, 1.82) is 0 Å². The van der Waals surface area contributed by atoms with Crippen molar-refractivity contribution < 1.29 is 38.5 Å². The Balaban J connectivity index is 2.36. The van der Waals surface area contributed by atoms with E-state index in [-0.39, 0.29) is 12.2 Å². The van der Waals surface area contributed by atoms with Gasteiger partial charge in [-0.2, -0.15) is 0 Å². The number of carbonyl (C=O) groups is 4. The summed E-state index contributed by atoms with van der Waals surface area (Å²) in [5.74, 6) is -3.59. The van der Waals surface area contributed by atoms with Gasteiger partial charge in [-0.25, -0.2) is 0 Å². The second-order valence-electron chi connectivity index (χ2n) is 11.2. The van der Waals surface area contributed by atoms with Crippen LogP contribution in [0.4, 0.5) is 0 Å². The second kappa shape index (κ2) is 9.10. The summed E-state index contributed by atoms with van der Waals surface area (Å²) in [6.07, 6.45) is -2.45. The summed E-state index contributed by atoms with van der Waals surface area (Å²) in [7, 11) is 0. The van der Waals surface area contributed by atoms with Crippen molar-refractivity contribution in [3.8, 4) is 0 Å². The Labute approximate surface area is 201 Å². The van der Waals surface area contributed by atoms with Gasteiger partial charge in [0.05, 0.1) is 6.10 Å². The number of aliphatic hydroxyl groups is 1. The zero-order chi connectivity index (χ0) is 25.7. The number of hydrogen-bond donors (Lipinski definition) is 1. The van der Waals surface area contributed by atoms with Crippen molar-refractivity contribution in [1.82, 2.24) is 0 Å². The number of hydrogen-bond acceptors (Lipinski definition) is 8. The molecule has 8 nitrogen and oxygen atoms in total. The van der Waals surface area contributed by atoms with Crippen molar-refractivity contribution in [2.45, 2.75) is 92.1 Å². The van der Waals surface area contributed by atoms with Gasteiger partial charge in [-0.15, -0.1) is 0 Å². The molecule has 3 aliphatic rings. The number of Topliss-reactive ketones (excluding diaryl/α,β-unsaturated/α-hetero) is 1. The van der Waals surface area contributed by atoms with Gasteiger partial charge in [-0.3, -0.25) is 19.2 Å². The molecule has 34 heavy (non-hydrogen) atoms. The molecule has 2 bridgehead atoms. The average Bonchev–Trinajstić information content (AvgIpc) is 2.69. The molecule has 3 fully saturated rings. The molecule has 0 amide bonds. The van der Waals surface area contributed by atoms with E-state index in [1.807, 2.05) is 27.7 Å². The first-order valence-electron chi connectivity index (χ1n) is 12.0. The summed E-state index contributed by atoms with van der Waals surface area (Å²) in [4.78, 5) is 50.3. The third-order valence-electron chi connectivity index (χ3n) is 8.70. The van der Waals surface area contributed by atoms with Gasteiger partial charge < -0.3 is 19.3 Å². The van der Waals surface area contributed by atoms with Crippen molar-refractivity contribution in [2.24, 2.45) is 34.5 Å². The minimum atomic E-state index is -0.931. The van der Waals surface area contributed by atoms with E-state index >= 15 is 0 Å². The lowest BCUT2D eigenvalue weighted by atomic mass is 9.46. The van der Waals surface area contributed by atoms with Crippen molar-refractivity contribution in [3.63, 3.8) is 0 Å². The molecule has 0 aromatic rings. The Morgan fingerprint density at radius 2 is 1.50 bits per heavy atom. The molecule has 0 aromatic carbocycles. The molecule has 9 atom stereocenters. The Hall–Kier alpha value is -2.22. The Bertz CT molecular complexity index is 891. The highest BCUT2D eigenvalue weighted by Crippen LogP contribution is 2.61. The fourth-order valence-corrected chi connectivity index (χ4v) is 7.17. The van der Waals surface area contributed by atoms with E-state index in [0.29, 0.717) is 18.4 Å². The maximum absolute atomic E-state index is 13.3. The van der Waals surface area contributed by atoms with Crippen LogP contribution >= 0.6 is 0 Å². The van der Waals surface area contributed by atoms with Crippen molar-refractivity contribution in [3.05, 3.63) is 12.2 Å². The molecule has 3 aliphatic carbocycles. The zero-order valence-corrected chi connectivity index (χ0v) is 21.3. The number of carbonyl (C=O) groups excluding carboxylic acids is 4. The van der Waals surface area contributed by atoms with Gasteiger partial charge in [0.15, 0.2) is 0 Å². The van der Waals surface area contributed by atoms with Crippen LogP contribution in [0, 0.1) is 34.5 Å². The monoisotopic (exact) mass is 478 g/mol. The van der Waals surface area contributed by atoms with E-state index in [1.165, 1.54) is 20.8 Å². The number of ketones is 1. The maximum atomic E-state index is 13.3. The highest BCUT2D eigenvalue weighted by Gasteiger charge is 2.66. The molecule has 0 aromatic heterocycles. The van der Waals surface area contributed by atoms with Crippen LogP contribution in [0.15, 0.2) is 12.2 Å². The molecule has 8 heteroatoms. The molecule has 3 saturated carbocycles. The van der Waals surface area contributed by atoms with Crippen LogP contribution in [0.3, 0.4) is 0 Å². The predicted molar refractivity (Wildman–Crippen MR) is 122 cm³/mol. The molecule has 190 valence electrons. The number of ether oxygens (including phenoxy) is 3. The molecule has 0 aliphatic heterocycles. The van der Waals surface area contributed by atoms with Gasteiger partial charge in [0, 0.05) is 56.3 Å². The molecule has 0 saturated heterocycles. The smallest absolute Gasteiger partial charge is 0.303 e. The van der Waals surface area contributed by atoms with Gasteiger partial charge in [-0.05, 0) is 23.8 Å². The van der Waals surface area contributed by atoms with Crippen LogP contribution in [0.5, 0.6) is 0 Å². The van der Waals surface area contributed by atoms with E-state index in [0.717, 1.165) is 0 Å². The Morgan fingerprint density at radius 3 is 2.03 bits per heavy atom. The lowest BCUT2D eigenvalue weighted by Gasteiger charge is -2.61. The van der Waals surface area contributed by atoms with Crippen LogP contribution in [0.25, 0.3) is 0 Å². The molecule has 3 rings (SSSR count). The first-order chi connectivity index (χ1) is 15.6. The van der Waals surface area contributed by atoms with Gasteiger partial charge in [0.1, 0.15) is 24.1 Å². The predicted octanol–water partition coefficient (Wildman–Crippen LogP) is 3.00. The highest BCUT2D eigenvalue weighted by atomic mass is 16.6. The molecule has 1 N–H and O–H groups in total. The number of fused-ring (bicyclic) bond motifs is 3. The minimum Gasteiger partial charge on any atom is -0.462 e. The molecule has 0 spiro atoms. The van der Waals surface area contributed by atoms with Gasteiger partial charge in [0.25, 0.3) is 0 Å². The van der Waals surface area contributed by atoms with Crippen LogP contribution in [-0.4, -0.2) is 53.2 Å². The van der Waals surface area contributed by atoms with Gasteiger partial charge in [0.2, 0.25) is 0 Å². The molecular weight excluding hydrogens is 440 g/mol. The zero-order valence-electron chi connectivity index (χ0n) is 21.3. The first kappa shape index (κ1) is 26.4. The molecule has 0 unspecified atom stereocenters. The van der Waals surface area contributed by atoms with Crippen LogP contribution in [-0.2, 0) is 33.4 Å². The average molecular weight is 479 g/mol. The minimum absolute atomic E-state index is 0.0317. The van der Waals surface area contributed by atoms with E-state index in [1.54, 1.807) is 0 Å². The van der Waals surface area contributed by atoms with E-state index < -0.39 is 76.8 Å². The molecule has 0 radical (unpaired) electrons. The molecule has 0 heterocycles. The topological polar surface area (TPSA) is 116 Å². The number of rotatable bonds is 3. The SMILES string of the molecule is C=C1[C@@H](O)CC[C@@]2(C)[C@@H](OC(C)=O)[C@H](OC(C)=O)[C@H]3[C@H](C)C(=O)C[C@@H]([C@@H](OC(C)=O)[C@H]12)C3(C)C. The fourth-order valence-electron chi connectivity index (χ4n) is 7.17. The fraction of sp³-hybridized carbons (Fsp3) is 0.769. The quantitative estimate of drug-likeness (QED) is 0.374. The summed E-state index contributed by atoms with van der Waals surface area (Å²) >= 11 is 0. The van der Waals surface area contributed by atoms with Crippen LogP contribution in [0.1, 0.15) is 67.7 Å². The third-order valence-corrected chi connectivity index (χ3v) is 8.70. The van der Waals surface area contributed by atoms with E-state index in [9.17, 15) is 24.3 Å². The lowest BCUT2D eigenvalue weighted by molar-refractivity contribution is -0.234. The summed E-state index contributed by atoms with van der Waals surface area (Å²) < 4.78 is 17.8. The van der Waals surface area contributed by atoms with E-state index in [4.69, 9.17) is 14.2 Å². The van der Waals surface area contributed by atoms with Crippen molar-refractivity contribution >= 4 is 23.7 Å². The normalized spacial score (nSPS) is 41.4. The van der Waals surface area contributed by atoms with Crippen LogP contribution in [0.2, 0.25) is 0 Å². The highest BCUT2D eigenvalue weighted by molar-refractivity contribution is 5.83. The lowest BCUT2D eigenvalue weighted by Crippen LogP contribution is -2.67. The Kier molecular flexibility index (Phi) is 7.06. The van der Waals surface area contributed by atoms with E-state index in [2.05, 4.69) is 6.58 Å². The molecular formula is C26H38O8.